The minimum atomic E-state index is -1.96. The summed E-state index contributed by atoms with van der Waals surface area (Å²) < 4.78 is 12.8. The van der Waals surface area contributed by atoms with Gasteiger partial charge in [0.25, 0.3) is 0 Å². The highest BCUT2D eigenvalue weighted by Crippen LogP contribution is 2.44. The van der Waals surface area contributed by atoms with Gasteiger partial charge in [0.2, 0.25) is 0 Å². The van der Waals surface area contributed by atoms with Crippen molar-refractivity contribution in [1.29, 1.82) is 0 Å². The second kappa shape index (κ2) is 7.90. The molecular formula is C20H38O5Si. The summed E-state index contributed by atoms with van der Waals surface area (Å²) in [6.07, 6.45) is 1.53. The number of rotatable bonds is 7. The van der Waals surface area contributed by atoms with Crippen LogP contribution in [0.15, 0.2) is 0 Å². The first kappa shape index (κ1) is 21.9. The Kier molecular flexibility index (Phi) is 6.64. The average Bonchev–Trinajstić information content (AvgIpc) is 3.19. The molecule has 0 aromatic carbocycles. The van der Waals surface area contributed by atoms with Gasteiger partial charge >= 0.3 is 5.97 Å². The van der Waals surface area contributed by atoms with Crippen molar-refractivity contribution in [1.82, 2.24) is 0 Å². The van der Waals surface area contributed by atoms with E-state index in [1.165, 1.54) is 0 Å². The van der Waals surface area contributed by atoms with Crippen molar-refractivity contribution in [3.8, 4) is 0 Å². The molecule has 2 aliphatic rings. The lowest BCUT2D eigenvalue weighted by atomic mass is 9.87. The summed E-state index contributed by atoms with van der Waals surface area (Å²) in [7, 11) is -1.96. The molecule has 0 radical (unpaired) electrons. The van der Waals surface area contributed by atoms with Gasteiger partial charge in [-0.15, -0.1) is 0 Å². The number of carboxylic acids is 1. The second-order valence-electron chi connectivity index (χ2n) is 10.1. The van der Waals surface area contributed by atoms with Crippen LogP contribution >= 0.6 is 0 Å². The Balaban J connectivity index is 2.09. The van der Waals surface area contributed by atoms with Crippen LogP contribution in [0.1, 0.15) is 60.3 Å². The maximum Gasteiger partial charge on any atom is 0.305 e. The summed E-state index contributed by atoms with van der Waals surface area (Å²) >= 11 is 0. The highest BCUT2D eigenvalue weighted by atomic mass is 28.4. The van der Waals surface area contributed by atoms with Crippen LogP contribution < -0.4 is 0 Å². The third kappa shape index (κ3) is 5.30. The van der Waals surface area contributed by atoms with Crippen molar-refractivity contribution in [2.75, 3.05) is 0 Å². The molecule has 0 amide bonds. The van der Waals surface area contributed by atoms with Crippen molar-refractivity contribution in [2.24, 2.45) is 17.8 Å². The number of carboxylic acid groups (broad SMARTS) is 1. The largest absolute Gasteiger partial charge is 0.481 e. The predicted octanol–water partition coefficient (Wildman–Crippen LogP) is 4.05. The Bertz CT molecular complexity index is 501. The molecule has 2 fully saturated rings. The van der Waals surface area contributed by atoms with E-state index in [4.69, 9.17) is 9.16 Å². The van der Waals surface area contributed by atoms with Gasteiger partial charge in [-0.2, -0.15) is 0 Å². The third-order valence-electron chi connectivity index (χ3n) is 6.83. The van der Waals surface area contributed by atoms with Gasteiger partial charge in [0, 0.05) is 5.92 Å². The van der Waals surface area contributed by atoms with Gasteiger partial charge in [0.15, 0.2) is 8.32 Å². The number of carbonyl (C=O) groups is 1. The maximum absolute atomic E-state index is 11.3. The van der Waals surface area contributed by atoms with Gasteiger partial charge in [-0.3, -0.25) is 4.79 Å². The van der Waals surface area contributed by atoms with Gasteiger partial charge in [0.1, 0.15) is 0 Å². The summed E-state index contributed by atoms with van der Waals surface area (Å²) in [6, 6.07) is 0. The SMILES string of the molecule is C[C@H]1[C@H](CC(=O)O)O[C@H](C[C@H](O)[C@@H]2C[C@H]2C)C[C@@H]1O[Si](C)(C)C(C)(C)C. The average molecular weight is 387 g/mol. The Labute approximate surface area is 159 Å². The van der Waals surface area contributed by atoms with E-state index < -0.39 is 14.3 Å². The molecule has 0 bridgehead atoms. The zero-order chi connectivity index (χ0) is 19.9. The molecule has 6 heteroatoms. The monoisotopic (exact) mass is 386 g/mol. The van der Waals surface area contributed by atoms with Crippen molar-refractivity contribution in [2.45, 2.75) is 103 Å². The fourth-order valence-electron chi connectivity index (χ4n) is 3.74. The molecule has 1 saturated carbocycles. The van der Waals surface area contributed by atoms with Crippen LogP contribution in [0.5, 0.6) is 0 Å². The summed E-state index contributed by atoms with van der Waals surface area (Å²) in [4.78, 5) is 11.3. The van der Waals surface area contributed by atoms with E-state index in [2.05, 4.69) is 40.8 Å². The van der Waals surface area contributed by atoms with E-state index >= 15 is 0 Å². The molecule has 2 N–H and O–H groups in total. The zero-order valence-electron chi connectivity index (χ0n) is 17.5. The van der Waals surface area contributed by atoms with Crippen LogP contribution in [-0.2, 0) is 14.0 Å². The van der Waals surface area contributed by atoms with Crippen molar-refractivity contribution in [3.63, 3.8) is 0 Å². The minimum Gasteiger partial charge on any atom is -0.481 e. The Morgan fingerprint density at radius 1 is 1.27 bits per heavy atom. The second-order valence-corrected chi connectivity index (χ2v) is 14.8. The Hall–Kier alpha value is -0.433. The number of hydrogen-bond acceptors (Lipinski definition) is 4. The molecule has 5 nitrogen and oxygen atoms in total. The highest BCUT2D eigenvalue weighted by Gasteiger charge is 2.46. The third-order valence-corrected chi connectivity index (χ3v) is 11.3. The fraction of sp³-hybridized carbons (Fsp3) is 0.950. The van der Waals surface area contributed by atoms with E-state index in [9.17, 15) is 15.0 Å². The van der Waals surface area contributed by atoms with E-state index in [1.54, 1.807) is 0 Å². The number of hydrogen-bond donors (Lipinski definition) is 2. The van der Waals surface area contributed by atoms with Gasteiger partial charge in [0.05, 0.1) is 30.8 Å². The maximum atomic E-state index is 11.3. The molecule has 0 spiro atoms. The first-order valence-corrected chi connectivity index (χ1v) is 13.0. The number of aliphatic hydroxyl groups is 1. The normalized spacial score (nSPS) is 36.6. The van der Waals surface area contributed by atoms with Crippen LogP contribution in [0.4, 0.5) is 0 Å². The van der Waals surface area contributed by atoms with Gasteiger partial charge < -0.3 is 19.4 Å². The van der Waals surface area contributed by atoms with E-state index in [0.717, 1.165) is 12.8 Å². The summed E-state index contributed by atoms with van der Waals surface area (Å²) in [5.74, 6) is 0.149. The van der Waals surface area contributed by atoms with Gasteiger partial charge in [-0.25, -0.2) is 0 Å². The quantitative estimate of drug-likeness (QED) is 0.646. The molecule has 0 unspecified atom stereocenters. The van der Waals surface area contributed by atoms with Crippen LogP contribution in [0.2, 0.25) is 18.1 Å². The standard InChI is InChI=1S/C20H38O5Si/c1-12-8-15(12)16(21)9-14-10-18(25-26(6,7)20(3,4)5)13(2)17(24-14)11-19(22)23/h12-18,21H,8-11H2,1-7H3,(H,22,23)/t12-,13+,14-,15-,16+,17+,18+/m1/s1. The number of ether oxygens (including phenoxy) is 1. The molecule has 1 aliphatic heterocycles. The Morgan fingerprint density at radius 3 is 2.31 bits per heavy atom. The van der Waals surface area contributed by atoms with Crippen LogP contribution in [0, 0.1) is 17.8 Å². The lowest BCUT2D eigenvalue weighted by Gasteiger charge is -2.46. The summed E-state index contributed by atoms with van der Waals surface area (Å²) in [5.41, 5.74) is 0. The molecule has 1 aliphatic carbocycles. The molecule has 2 rings (SSSR count). The summed E-state index contributed by atoms with van der Waals surface area (Å²) in [5, 5.41) is 19.8. The first-order valence-electron chi connectivity index (χ1n) is 10.0. The van der Waals surface area contributed by atoms with E-state index in [-0.39, 0.29) is 41.8 Å². The van der Waals surface area contributed by atoms with E-state index in [1.807, 2.05) is 6.92 Å². The number of aliphatic hydroxyl groups excluding tert-OH is 1. The fourth-order valence-corrected chi connectivity index (χ4v) is 5.16. The first-order chi connectivity index (χ1) is 11.8. The topological polar surface area (TPSA) is 76.0 Å². The molecule has 0 aromatic heterocycles. The molecule has 1 heterocycles. The molecule has 152 valence electrons. The van der Waals surface area contributed by atoms with Crippen molar-refractivity contribution >= 4 is 14.3 Å². The van der Waals surface area contributed by atoms with E-state index in [0.29, 0.717) is 18.3 Å². The minimum absolute atomic E-state index is 0.00897. The molecule has 26 heavy (non-hydrogen) atoms. The van der Waals surface area contributed by atoms with Gasteiger partial charge in [-0.1, -0.05) is 34.6 Å². The number of aliphatic carboxylic acids is 1. The lowest BCUT2D eigenvalue weighted by molar-refractivity contribution is -0.158. The van der Waals surface area contributed by atoms with Gasteiger partial charge in [-0.05, 0) is 49.2 Å². The van der Waals surface area contributed by atoms with Crippen LogP contribution in [0.25, 0.3) is 0 Å². The molecule has 1 saturated heterocycles. The van der Waals surface area contributed by atoms with Crippen molar-refractivity contribution in [3.05, 3.63) is 0 Å². The molecular weight excluding hydrogens is 348 g/mol. The van der Waals surface area contributed by atoms with Crippen LogP contribution in [-0.4, -0.2) is 48.9 Å². The van der Waals surface area contributed by atoms with Crippen LogP contribution in [0.3, 0.4) is 0 Å². The smallest absolute Gasteiger partial charge is 0.305 e. The molecule has 0 aromatic rings. The van der Waals surface area contributed by atoms with Crippen molar-refractivity contribution < 1.29 is 24.2 Å². The predicted molar refractivity (Wildman–Crippen MR) is 105 cm³/mol. The lowest BCUT2D eigenvalue weighted by Crippen LogP contribution is -2.52. The summed E-state index contributed by atoms with van der Waals surface area (Å²) in [6.45, 7) is 15.3. The zero-order valence-corrected chi connectivity index (χ0v) is 18.5. The highest BCUT2D eigenvalue weighted by molar-refractivity contribution is 6.74. The molecule has 7 atom stereocenters. The Morgan fingerprint density at radius 2 is 1.85 bits per heavy atom.